The van der Waals surface area contributed by atoms with E-state index >= 15 is 0 Å². The fourth-order valence-electron chi connectivity index (χ4n) is 2.33. The van der Waals surface area contributed by atoms with E-state index in [1.54, 1.807) is 0 Å². The van der Waals surface area contributed by atoms with E-state index in [1.165, 1.54) is 0 Å². The van der Waals surface area contributed by atoms with Crippen molar-refractivity contribution in [2.45, 2.75) is 12.5 Å². The van der Waals surface area contributed by atoms with Crippen molar-refractivity contribution in [1.29, 1.82) is 0 Å². The Labute approximate surface area is 120 Å². The fraction of sp³-hybridized carbons (Fsp3) is 0.214. The number of rotatable bonds is 3. The number of ether oxygens (including phenoxy) is 1. The lowest BCUT2D eigenvalue weighted by atomic mass is 10.0. The molecule has 1 aliphatic heterocycles. The molecule has 0 bridgehead atoms. The normalized spacial score (nSPS) is 16.8. The summed E-state index contributed by atoms with van der Waals surface area (Å²) in [6, 6.07) is 8.08. The van der Waals surface area contributed by atoms with Gasteiger partial charge in [0.05, 0.1) is 12.6 Å². The standard InChI is InChI=1S/C14H14F2N4O/c15-9-7-10(16)14(20-17)19-13(9)18-11-5-6-21-12-4-2-1-3-8(11)12/h1-4,7,11H,5-6,17H2,(H2,18,19,20). The number of hydrazine groups is 1. The van der Waals surface area contributed by atoms with Crippen molar-refractivity contribution in [2.24, 2.45) is 5.84 Å². The van der Waals surface area contributed by atoms with Crippen molar-refractivity contribution in [2.75, 3.05) is 17.3 Å². The molecule has 0 radical (unpaired) electrons. The molecule has 0 saturated heterocycles. The third kappa shape index (κ3) is 2.59. The SMILES string of the molecule is NNc1nc(NC2CCOc3ccccc32)c(F)cc1F. The minimum absolute atomic E-state index is 0.0500. The highest BCUT2D eigenvalue weighted by Gasteiger charge is 2.23. The molecule has 1 aliphatic rings. The number of nitrogens with two attached hydrogens (primary N) is 1. The number of nitrogen functional groups attached to an aromatic ring is 1. The van der Waals surface area contributed by atoms with Gasteiger partial charge in [0, 0.05) is 18.1 Å². The van der Waals surface area contributed by atoms with Crippen LogP contribution >= 0.6 is 0 Å². The topological polar surface area (TPSA) is 72.2 Å². The molecule has 1 aromatic heterocycles. The molecule has 0 fully saturated rings. The summed E-state index contributed by atoms with van der Waals surface area (Å²) in [6.07, 6.45) is 0.654. The Morgan fingerprint density at radius 3 is 2.76 bits per heavy atom. The highest BCUT2D eigenvalue weighted by molar-refractivity contribution is 5.50. The summed E-state index contributed by atoms with van der Waals surface area (Å²) < 4.78 is 32.7. The first-order valence-corrected chi connectivity index (χ1v) is 6.50. The molecule has 110 valence electrons. The van der Waals surface area contributed by atoms with Crippen LogP contribution in [0, 0.1) is 11.6 Å². The van der Waals surface area contributed by atoms with Gasteiger partial charge in [0.2, 0.25) is 0 Å². The molecule has 1 atom stereocenters. The highest BCUT2D eigenvalue weighted by Crippen LogP contribution is 2.34. The van der Waals surface area contributed by atoms with Gasteiger partial charge in [-0.1, -0.05) is 18.2 Å². The van der Waals surface area contributed by atoms with E-state index in [0.29, 0.717) is 13.0 Å². The van der Waals surface area contributed by atoms with Crippen molar-refractivity contribution in [1.82, 2.24) is 4.98 Å². The first-order chi connectivity index (χ1) is 10.2. The lowest BCUT2D eigenvalue weighted by molar-refractivity contribution is 0.274. The summed E-state index contributed by atoms with van der Waals surface area (Å²) in [5.41, 5.74) is 3.02. The van der Waals surface area contributed by atoms with Crippen molar-refractivity contribution in [3.05, 3.63) is 47.5 Å². The first-order valence-electron chi connectivity index (χ1n) is 6.50. The van der Waals surface area contributed by atoms with Gasteiger partial charge in [-0.05, 0) is 6.07 Å². The molecule has 2 heterocycles. The predicted octanol–water partition coefficient (Wildman–Crippen LogP) is 2.58. The molecule has 0 spiro atoms. The molecule has 1 unspecified atom stereocenters. The zero-order chi connectivity index (χ0) is 14.8. The maximum atomic E-state index is 13.8. The Balaban J connectivity index is 1.91. The van der Waals surface area contributed by atoms with Crippen LogP contribution in [0.5, 0.6) is 5.75 Å². The molecule has 4 N–H and O–H groups in total. The average Bonchev–Trinajstić information content (AvgIpc) is 2.50. The van der Waals surface area contributed by atoms with Crippen LogP contribution in [0.4, 0.5) is 20.4 Å². The Bertz CT molecular complexity index is 665. The number of benzene rings is 1. The largest absolute Gasteiger partial charge is 0.493 e. The number of pyridine rings is 1. The third-order valence-electron chi connectivity index (χ3n) is 3.34. The van der Waals surface area contributed by atoms with Gasteiger partial charge in [-0.15, -0.1) is 0 Å². The highest BCUT2D eigenvalue weighted by atomic mass is 19.1. The van der Waals surface area contributed by atoms with Crippen LogP contribution in [0.3, 0.4) is 0 Å². The third-order valence-corrected chi connectivity index (χ3v) is 3.34. The molecule has 0 aliphatic carbocycles. The average molecular weight is 292 g/mol. The second-order valence-electron chi connectivity index (χ2n) is 4.67. The second-order valence-corrected chi connectivity index (χ2v) is 4.67. The van der Waals surface area contributed by atoms with Gasteiger partial charge >= 0.3 is 0 Å². The second kappa shape index (κ2) is 5.53. The van der Waals surface area contributed by atoms with Gasteiger partial charge in [0.1, 0.15) is 5.75 Å². The van der Waals surface area contributed by atoms with Gasteiger partial charge in [-0.25, -0.2) is 19.6 Å². The number of hydrogen-bond donors (Lipinski definition) is 3. The number of nitrogens with one attached hydrogen (secondary N) is 2. The maximum Gasteiger partial charge on any atom is 0.178 e. The predicted molar refractivity (Wildman–Crippen MR) is 74.9 cm³/mol. The Morgan fingerprint density at radius 1 is 1.19 bits per heavy atom. The van der Waals surface area contributed by atoms with Crippen LogP contribution in [-0.2, 0) is 0 Å². The smallest absolute Gasteiger partial charge is 0.178 e. The molecule has 0 saturated carbocycles. The summed E-state index contributed by atoms with van der Waals surface area (Å²) in [4.78, 5) is 3.82. The maximum absolute atomic E-state index is 13.8. The molecule has 2 aromatic rings. The van der Waals surface area contributed by atoms with E-state index in [-0.39, 0.29) is 17.7 Å². The quantitative estimate of drug-likeness (QED) is 0.599. The summed E-state index contributed by atoms with van der Waals surface area (Å²) >= 11 is 0. The molecular weight excluding hydrogens is 278 g/mol. The molecular formula is C14H14F2N4O. The number of halogens is 2. The van der Waals surface area contributed by atoms with Gasteiger partial charge < -0.3 is 15.5 Å². The van der Waals surface area contributed by atoms with E-state index in [9.17, 15) is 8.78 Å². The lowest BCUT2D eigenvalue weighted by Crippen LogP contribution is -2.22. The van der Waals surface area contributed by atoms with Gasteiger partial charge in [-0.2, -0.15) is 0 Å². The Kier molecular flexibility index (Phi) is 3.57. The summed E-state index contributed by atoms with van der Waals surface area (Å²) in [6.45, 7) is 0.513. The molecule has 0 amide bonds. The van der Waals surface area contributed by atoms with E-state index in [1.807, 2.05) is 24.3 Å². The molecule has 7 heteroatoms. The van der Waals surface area contributed by atoms with Crippen LogP contribution in [0.15, 0.2) is 30.3 Å². The van der Waals surface area contributed by atoms with Crippen LogP contribution in [0.1, 0.15) is 18.0 Å². The van der Waals surface area contributed by atoms with Crippen molar-refractivity contribution >= 4 is 11.6 Å². The zero-order valence-corrected chi connectivity index (χ0v) is 11.1. The molecule has 3 rings (SSSR count). The molecule has 5 nitrogen and oxygen atoms in total. The van der Waals surface area contributed by atoms with Gasteiger partial charge in [0.15, 0.2) is 23.3 Å². The lowest BCUT2D eigenvalue weighted by Gasteiger charge is -2.27. The Morgan fingerprint density at radius 2 is 1.95 bits per heavy atom. The minimum Gasteiger partial charge on any atom is -0.493 e. The van der Waals surface area contributed by atoms with E-state index in [4.69, 9.17) is 10.6 Å². The molecule has 1 aromatic carbocycles. The number of anilines is 2. The minimum atomic E-state index is -0.840. The fourth-order valence-corrected chi connectivity index (χ4v) is 2.33. The number of aromatic nitrogens is 1. The number of fused-ring (bicyclic) bond motifs is 1. The van der Waals surface area contributed by atoms with Crippen LogP contribution < -0.4 is 21.3 Å². The van der Waals surface area contributed by atoms with Crippen molar-refractivity contribution in [3.63, 3.8) is 0 Å². The summed E-state index contributed by atoms with van der Waals surface area (Å²) in [5.74, 6) is 4.04. The van der Waals surface area contributed by atoms with Crippen LogP contribution in [-0.4, -0.2) is 11.6 Å². The zero-order valence-electron chi connectivity index (χ0n) is 11.1. The first kappa shape index (κ1) is 13.6. The Hall–Kier alpha value is -2.41. The van der Waals surface area contributed by atoms with Gasteiger partial charge in [0.25, 0.3) is 0 Å². The van der Waals surface area contributed by atoms with Crippen LogP contribution in [0.2, 0.25) is 0 Å². The van der Waals surface area contributed by atoms with Crippen molar-refractivity contribution < 1.29 is 13.5 Å². The van der Waals surface area contributed by atoms with E-state index in [0.717, 1.165) is 17.4 Å². The van der Waals surface area contributed by atoms with E-state index in [2.05, 4.69) is 15.7 Å². The summed E-state index contributed by atoms with van der Waals surface area (Å²) in [5, 5.41) is 2.98. The van der Waals surface area contributed by atoms with E-state index < -0.39 is 11.6 Å². The molecule has 21 heavy (non-hydrogen) atoms. The number of para-hydroxylation sites is 1. The van der Waals surface area contributed by atoms with Crippen LogP contribution in [0.25, 0.3) is 0 Å². The monoisotopic (exact) mass is 292 g/mol. The number of nitrogens with zero attached hydrogens (tertiary/aromatic N) is 1. The van der Waals surface area contributed by atoms with Crippen molar-refractivity contribution in [3.8, 4) is 5.75 Å². The summed E-state index contributed by atoms with van der Waals surface area (Å²) in [7, 11) is 0. The van der Waals surface area contributed by atoms with Gasteiger partial charge in [-0.3, -0.25) is 0 Å². The number of hydrogen-bond acceptors (Lipinski definition) is 5.